The van der Waals surface area contributed by atoms with Gasteiger partial charge in [0.2, 0.25) is 0 Å². The molecule has 0 spiro atoms. The van der Waals surface area contributed by atoms with E-state index in [1.165, 1.54) is 0 Å². The van der Waals surface area contributed by atoms with Crippen LogP contribution in [0.2, 0.25) is 0 Å². The van der Waals surface area contributed by atoms with E-state index in [4.69, 9.17) is 4.74 Å². The first kappa shape index (κ1) is 14.1. The van der Waals surface area contributed by atoms with Crippen LogP contribution in [0.15, 0.2) is 48.5 Å². The Morgan fingerprint density at radius 2 is 1.77 bits per heavy atom. The number of hydrogen-bond donors (Lipinski definition) is 1. The molecule has 0 atom stereocenters. The van der Waals surface area contributed by atoms with Crippen molar-refractivity contribution in [2.75, 3.05) is 23.4 Å². The largest absolute Gasteiger partial charge is 0.447 e. The Morgan fingerprint density at radius 3 is 2.36 bits per heavy atom. The fraction of sp³-hybridized carbons (Fsp3) is 0.176. The van der Waals surface area contributed by atoms with E-state index in [0.29, 0.717) is 18.7 Å². The predicted molar refractivity (Wildman–Crippen MR) is 84.3 cm³/mol. The van der Waals surface area contributed by atoms with E-state index in [-0.39, 0.29) is 12.0 Å². The molecule has 5 nitrogen and oxygen atoms in total. The van der Waals surface area contributed by atoms with Crippen molar-refractivity contribution in [1.82, 2.24) is 0 Å². The van der Waals surface area contributed by atoms with Crippen molar-refractivity contribution in [3.63, 3.8) is 0 Å². The van der Waals surface area contributed by atoms with E-state index >= 15 is 0 Å². The first-order valence-electron chi connectivity index (χ1n) is 7.06. The summed E-state index contributed by atoms with van der Waals surface area (Å²) in [6.07, 6.45) is -0.350. The second kappa shape index (κ2) is 5.89. The van der Waals surface area contributed by atoms with Gasteiger partial charge in [0.15, 0.2) is 0 Å². The minimum atomic E-state index is -0.350. The number of carbonyl (C=O) groups excluding carboxylic acids is 2. The van der Waals surface area contributed by atoms with Gasteiger partial charge in [0, 0.05) is 16.9 Å². The van der Waals surface area contributed by atoms with Crippen LogP contribution in [0.3, 0.4) is 0 Å². The number of hydrogen-bond acceptors (Lipinski definition) is 3. The topological polar surface area (TPSA) is 58.6 Å². The maximum absolute atomic E-state index is 12.2. The van der Waals surface area contributed by atoms with Crippen LogP contribution in [0.1, 0.15) is 15.9 Å². The van der Waals surface area contributed by atoms with Gasteiger partial charge < -0.3 is 10.1 Å². The SMILES string of the molecule is Cc1ccc(NC(=O)c2ccc(N3CCOC3=O)cc2)cc1. The summed E-state index contributed by atoms with van der Waals surface area (Å²) in [6.45, 7) is 2.93. The maximum atomic E-state index is 12.2. The minimum absolute atomic E-state index is 0.181. The van der Waals surface area contributed by atoms with Crippen molar-refractivity contribution in [3.8, 4) is 0 Å². The summed E-state index contributed by atoms with van der Waals surface area (Å²) in [5.41, 5.74) is 3.16. The molecule has 0 bridgehead atoms. The summed E-state index contributed by atoms with van der Waals surface area (Å²) in [7, 11) is 0. The number of amides is 2. The van der Waals surface area contributed by atoms with Crippen molar-refractivity contribution in [1.29, 1.82) is 0 Å². The van der Waals surface area contributed by atoms with E-state index in [2.05, 4.69) is 5.32 Å². The van der Waals surface area contributed by atoms with Gasteiger partial charge in [-0.2, -0.15) is 0 Å². The van der Waals surface area contributed by atoms with E-state index < -0.39 is 0 Å². The quantitative estimate of drug-likeness (QED) is 0.946. The van der Waals surface area contributed by atoms with Gasteiger partial charge in [0.05, 0.1) is 6.54 Å². The molecule has 5 heteroatoms. The molecule has 3 rings (SSSR count). The Bertz CT molecular complexity index is 693. The molecule has 1 heterocycles. The predicted octanol–water partition coefficient (Wildman–Crippen LogP) is 3.20. The van der Waals surface area contributed by atoms with E-state index in [1.54, 1.807) is 29.2 Å². The molecule has 1 N–H and O–H groups in total. The third-order valence-electron chi connectivity index (χ3n) is 3.51. The van der Waals surface area contributed by atoms with Crippen LogP contribution in [-0.2, 0) is 4.74 Å². The highest BCUT2D eigenvalue weighted by Gasteiger charge is 2.23. The van der Waals surface area contributed by atoms with Crippen molar-refractivity contribution in [3.05, 3.63) is 59.7 Å². The van der Waals surface area contributed by atoms with E-state index in [0.717, 1.165) is 16.9 Å². The molecule has 112 valence electrons. The third kappa shape index (κ3) is 2.93. The Kier molecular flexibility index (Phi) is 3.78. The lowest BCUT2D eigenvalue weighted by atomic mass is 10.1. The minimum Gasteiger partial charge on any atom is -0.447 e. The van der Waals surface area contributed by atoms with E-state index in [1.807, 2.05) is 31.2 Å². The maximum Gasteiger partial charge on any atom is 0.414 e. The molecule has 1 aliphatic rings. The number of anilines is 2. The summed E-state index contributed by atoms with van der Waals surface area (Å²) >= 11 is 0. The molecule has 0 radical (unpaired) electrons. The molecule has 2 aromatic rings. The molecule has 0 saturated carbocycles. The van der Waals surface area contributed by atoms with Crippen molar-refractivity contribution in [2.24, 2.45) is 0 Å². The first-order valence-corrected chi connectivity index (χ1v) is 7.06. The molecule has 1 fully saturated rings. The summed E-state index contributed by atoms with van der Waals surface area (Å²) in [5.74, 6) is -0.181. The number of aryl methyl sites for hydroxylation is 1. The molecule has 1 aliphatic heterocycles. The van der Waals surface area contributed by atoms with Crippen LogP contribution < -0.4 is 10.2 Å². The van der Waals surface area contributed by atoms with Gasteiger partial charge >= 0.3 is 6.09 Å². The lowest BCUT2D eigenvalue weighted by Crippen LogP contribution is -2.23. The zero-order valence-corrected chi connectivity index (χ0v) is 12.2. The fourth-order valence-electron chi connectivity index (χ4n) is 2.26. The second-order valence-corrected chi connectivity index (χ2v) is 5.13. The number of nitrogens with one attached hydrogen (secondary N) is 1. The van der Waals surface area contributed by atoms with Crippen molar-refractivity contribution < 1.29 is 14.3 Å². The van der Waals surface area contributed by atoms with Crippen LogP contribution in [0, 0.1) is 6.92 Å². The van der Waals surface area contributed by atoms with Gasteiger partial charge in [-0.05, 0) is 43.3 Å². The number of benzene rings is 2. The van der Waals surface area contributed by atoms with Crippen LogP contribution in [0.25, 0.3) is 0 Å². The number of rotatable bonds is 3. The third-order valence-corrected chi connectivity index (χ3v) is 3.51. The molecular weight excluding hydrogens is 280 g/mol. The van der Waals surface area contributed by atoms with Gasteiger partial charge in [-0.1, -0.05) is 17.7 Å². The average Bonchev–Trinajstić information content (AvgIpc) is 2.96. The van der Waals surface area contributed by atoms with Gasteiger partial charge in [-0.15, -0.1) is 0 Å². The van der Waals surface area contributed by atoms with Gasteiger partial charge in [0.1, 0.15) is 6.61 Å². The standard InChI is InChI=1S/C17H16N2O3/c1-12-2-6-14(7-3-12)18-16(20)13-4-8-15(9-5-13)19-10-11-22-17(19)21/h2-9H,10-11H2,1H3,(H,18,20). The van der Waals surface area contributed by atoms with Crippen molar-refractivity contribution in [2.45, 2.75) is 6.92 Å². The van der Waals surface area contributed by atoms with Gasteiger partial charge in [-0.3, -0.25) is 9.69 Å². The van der Waals surface area contributed by atoms with Crippen LogP contribution in [-0.4, -0.2) is 25.2 Å². The second-order valence-electron chi connectivity index (χ2n) is 5.13. The highest BCUT2D eigenvalue weighted by atomic mass is 16.6. The molecule has 0 unspecified atom stereocenters. The lowest BCUT2D eigenvalue weighted by molar-refractivity contribution is 0.102. The zero-order valence-electron chi connectivity index (χ0n) is 12.2. The molecule has 0 aromatic heterocycles. The van der Waals surface area contributed by atoms with Gasteiger partial charge in [0.25, 0.3) is 5.91 Å². The molecule has 22 heavy (non-hydrogen) atoms. The zero-order chi connectivity index (χ0) is 15.5. The van der Waals surface area contributed by atoms with Crippen molar-refractivity contribution >= 4 is 23.4 Å². The smallest absolute Gasteiger partial charge is 0.414 e. The molecule has 2 aromatic carbocycles. The monoisotopic (exact) mass is 296 g/mol. The normalized spacial score (nSPS) is 13.9. The number of cyclic esters (lactones) is 1. The highest BCUT2D eigenvalue weighted by molar-refractivity contribution is 6.04. The molecule has 0 aliphatic carbocycles. The van der Waals surface area contributed by atoms with E-state index in [9.17, 15) is 9.59 Å². The Hall–Kier alpha value is -2.82. The fourth-order valence-corrected chi connectivity index (χ4v) is 2.26. The van der Waals surface area contributed by atoms with Crippen LogP contribution >= 0.6 is 0 Å². The summed E-state index contributed by atoms with van der Waals surface area (Å²) in [5, 5.41) is 2.84. The molecule has 2 amide bonds. The number of ether oxygens (including phenoxy) is 1. The molecule has 1 saturated heterocycles. The highest BCUT2D eigenvalue weighted by Crippen LogP contribution is 2.20. The van der Waals surface area contributed by atoms with Gasteiger partial charge in [-0.25, -0.2) is 4.79 Å². The molecular formula is C17H16N2O3. The first-order chi connectivity index (χ1) is 10.6. The number of carbonyl (C=O) groups is 2. The number of nitrogens with zero attached hydrogens (tertiary/aromatic N) is 1. The summed E-state index contributed by atoms with van der Waals surface area (Å²) in [4.78, 5) is 25.2. The summed E-state index contributed by atoms with van der Waals surface area (Å²) < 4.78 is 4.89. The Morgan fingerprint density at radius 1 is 1.09 bits per heavy atom. The lowest BCUT2D eigenvalue weighted by Gasteiger charge is -2.13. The Balaban J connectivity index is 1.70. The average molecular weight is 296 g/mol. The van der Waals surface area contributed by atoms with Crippen LogP contribution in [0.4, 0.5) is 16.2 Å². The summed E-state index contributed by atoms with van der Waals surface area (Å²) in [6, 6.07) is 14.5. The Labute approximate surface area is 128 Å². The van der Waals surface area contributed by atoms with Crippen LogP contribution in [0.5, 0.6) is 0 Å².